The summed E-state index contributed by atoms with van der Waals surface area (Å²) >= 11 is 0. The maximum absolute atomic E-state index is 11.8. The Bertz CT molecular complexity index is 629. The number of hydrazone groups is 1. The summed E-state index contributed by atoms with van der Waals surface area (Å²) < 4.78 is 5.06. The molecular formula is C25H40N2O4. The van der Waals surface area contributed by atoms with E-state index in [4.69, 9.17) is 9.84 Å². The highest BCUT2D eigenvalue weighted by molar-refractivity contribution is 5.82. The lowest BCUT2D eigenvalue weighted by Gasteiger charge is -2.03. The Balaban J connectivity index is 1.97. The van der Waals surface area contributed by atoms with Crippen LogP contribution < -0.4 is 10.2 Å². The SMILES string of the molecule is CCCCCCCCCCCCCCCC(=O)N/N=C/c1ccc(OCC(=O)O)cc1. The molecule has 1 aromatic carbocycles. The molecule has 1 rings (SSSR count). The highest BCUT2D eigenvalue weighted by Gasteiger charge is 2.01. The second kappa shape index (κ2) is 18.4. The van der Waals surface area contributed by atoms with Gasteiger partial charge in [-0.25, -0.2) is 10.2 Å². The van der Waals surface area contributed by atoms with Crippen LogP contribution in [0.5, 0.6) is 5.75 Å². The zero-order valence-electron chi connectivity index (χ0n) is 19.1. The lowest BCUT2D eigenvalue weighted by molar-refractivity contribution is -0.139. The number of rotatable bonds is 19. The zero-order chi connectivity index (χ0) is 22.6. The van der Waals surface area contributed by atoms with Crippen LogP contribution >= 0.6 is 0 Å². The molecule has 0 bridgehead atoms. The van der Waals surface area contributed by atoms with Gasteiger partial charge in [-0.05, 0) is 36.2 Å². The first-order valence-electron chi connectivity index (χ1n) is 11.9. The maximum atomic E-state index is 11.8. The molecule has 0 unspecified atom stereocenters. The van der Waals surface area contributed by atoms with Crippen LogP contribution in [0, 0.1) is 0 Å². The summed E-state index contributed by atoms with van der Waals surface area (Å²) in [5.74, 6) is -0.608. The average molecular weight is 433 g/mol. The van der Waals surface area contributed by atoms with Gasteiger partial charge in [0.2, 0.25) is 5.91 Å². The van der Waals surface area contributed by atoms with Crippen LogP contribution in [-0.4, -0.2) is 29.8 Å². The van der Waals surface area contributed by atoms with E-state index in [1.54, 1.807) is 30.5 Å². The van der Waals surface area contributed by atoms with Crippen LogP contribution in [0.25, 0.3) is 0 Å². The minimum Gasteiger partial charge on any atom is -0.482 e. The Morgan fingerprint density at radius 1 is 0.871 bits per heavy atom. The van der Waals surface area contributed by atoms with Crippen molar-refractivity contribution in [3.8, 4) is 5.75 Å². The van der Waals surface area contributed by atoms with E-state index in [9.17, 15) is 9.59 Å². The molecule has 0 aromatic heterocycles. The number of hydrogen-bond acceptors (Lipinski definition) is 4. The predicted octanol–water partition coefficient (Wildman–Crippen LogP) is 6.08. The molecule has 0 saturated carbocycles. The van der Waals surface area contributed by atoms with E-state index < -0.39 is 5.97 Å². The van der Waals surface area contributed by atoms with Gasteiger partial charge in [-0.1, -0.05) is 84.0 Å². The molecule has 0 aliphatic rings. The monoisotopic (exact) mass is 432 g/mol. The molecule has 31 heavy (non-hydrogen) atoms. The van der Waals surface area contributed by atoms with Crippen LogP contribution in [0.4, 0.5) is 0 Å². The summed E-state index contributed by atoms with van der Waals surface area (Å²) in [6.07, 6.45) is 18.8. The van der Waals surface area contributed by atoms with Crippen molar-refractivity contribution in [3.05, 3.63) is 29.8 Å². The Labute approximate surface area is 187 Å². The predicted molar refractivity (Wildman–Crippen MR) is 126 cm³/mol. The second-order valence-electron chi connectivity index (χ2n) is 8.04. The molecule has 0 atom stereocenters. The van der Waals surface area contributed by atoms with Crippen molar-refractivity contribution in [3.63, 3.8) is 0 Å². The van der Waals surface area contributed by atoms with E-state index in [0.29, 0.717) is 12.2 Å². The Morgan fingerprint density at radius 2 is 1.39 bits per heavy atom. The Kier molecular flexibility index (Phi) is 15.8. The summed E-state index contributed by atoms with van der Waals surface area (Å²) in [7, 11) is 0. The number of carboxylic acid groups (broad SMARTS) is 1. The van der Waals surface area contributed by atoms with Crippen LogP contribution in [0.2, 0.25) is 0 Å². The molecule has 1 amide bonds. The number of nitrogens with one attached hydrogen (secondary N) is 1. The second-order valence-corrected chi connectivity index (χ2v) is 8.04. The molecular weight excluding hydrogens is 392 g/mol. The van der Waals surface area contributed by atoms with Crippen molar-refractivity contribution in [1.82, 2.24) is 5.43 Å². The minimum atomic E-state index is -1.02. The molecule has 6 nitrogen and oxygen atoms in total. The number of benzene rings is 1. The van der Waals surface area contributed by atoms with E-state index in [-0.39, 0.29) is 12.5 Å². The van der Waals surface area contributed by atoms with Gasteiger partial charge in [-0.3, -0.25) is 4.79 Å². The Morgan fingerprint density at radius 3 is 1.90 bits per heavy atom. The smallest absolute Gasteiger partial charge is 0.341 e. The summed E-state index contributed by atoms with van der Waals surface area (Å²) in [6.45, 7) is 1.88. The highest BCUT2D eigenvalue weighted by atomic mass is 16.5. The van der Waals surface area contributed by atoms with Crippen molar-refractivity contribution in [2.45, 2.75) is 96.8 Å². The average Bonchev–Trinajstić information content (AvgIpc) is 2.76. The van der Waals surface area contributed by atoms with Gasteiger partial charge in [0, 0.05) is 6.42 Å². The zero-order valence-corrected chi connectivity index (χ0v) is 19.1. The quantitative estimate of drug-likeness (QED) is 0.157. The standard InChI is InChI=1S/C25H40N2O4/c1-2-3-4-5-6-7-8-9-10-11-12-13-14-15-24(28)27-26-20-22-16-18-23(19-17-22)31-21-25(29)30/h16-20H,2-15,21H2,1H3,(H,27,28)(H,29,30)/b26-20+. The number of ether oxygens (including phenoxy) is 1. The molecule has 0 heterocycles. The molecule has 0 aliphatic carbocycles. The fourth-order valence-electron chi connectivity index (χ4n) is 3.33. The topological polar surface area (TPSA) is 88.0 Å². The van der Waals surface area contributed by atoms with Gasteiger partial charge in [0.1, 0.15) is 5.75 Å². The number of amides is 1. The van der Waals surface area contributed by atoms with Crippen molar-refractivity contribution in [1.29, 1.82) is 0 Å². The molecule has 174 valence electrons. The maximum Gasteiger partial charge on any atom is 0.341 e. The van der Waals surface area contributed by atoms with Gasteiger partial charge in [0.05, 0.1) is 6.21 Å². The number of hydrogen-bond donors (Lipinski definition) is 2. The Hall–Kier alpha value is -2.37. The van der Waals surface area contributed by atoms with Gasteiger partial charge in [-0.2, -0.15) is 5.10 Å². The third-order valence-corrected chi connectivity index (χ3v) is 5.15. The molecule has 0 spiro atoms. The van der Waals surface area contributed by atoms with Gasteiger partial charge in [-0.15, -0.1) is 0 Å². The third kappa shape index (κ3) is 16.0. The van der Waals surface area contributed by atoms with Crippen molar-refractivity contribution in [2.75, 3.05) is 6.61 Å². The van der Waals surface area contributed by atoms with Crippen molar-refractivity contribution in [2.24, 2.45) is 5.10 Å². The van der Waals surface area contributed by atoms with Crippen LogP contribution in [-0.2, 0) is 9.59 Å². The van der Waals surface area contributed by atoms with Crippen LogP contribution in [0.15, 0.2) is 29.4 Å². The van der Waals surface area contributed by atoms with E-state index in [2.05, 4.69) is 17.5 Å². The van der Waals surface area contributed by atoms with Gasteiger partial charge in [0.25, 0.3) is 0 Å². The molecule has 6 heteroatoms. The van der Waals surface area contributed by atoms with E-state index >= 15 is 0 Å². The third-order valence-electron chi connectivity index (χ3n) is 5.15. The van der Waals surface area contributed by atoms with Gasteiger partial charge < -0.3 is 9.84 Å². The number of carboxylic acids is 1. The first-order valence-corrected chi connectivity index (χ1v) is 11.9. The first-order chi connectivity index (χ1) is 15.1. The fraction of sp³-hybridized carbons (Fsp3) is 0.640. The van der Waals surface area contributed by atoms with Crippen molar-refractivity contribution >= 4 is 18.1 Å². The van der Waals surface area contributed by atoms with Crippen LogP contribution in [0.1, 0.15) is 102 Å². The molecule has 1 aromatic rings. The van der Waals surface area contributed by atoms with Crippen LogP contribution in [0.3, 0.4) is 0 Å². The molecule has 0 saturated heterocycles. The number of unbranched alkanes of at least 4 members (excludes halogenated alkanes) is 12. The number of carbonyl (C=O) groups excluding carboxylic acids is 1. The number of carbonyl (C=O) groups is 2. The van der Waals surface area contributed by atoms with E-state index in [1.165, 1.54) is 70.6 Å². The first kappa shape index (κ1) is 26.7. The summed E-state index contributed by atoms with van der Waals surface area (Å²) in [6, 6.07) is 6.83. The minimum absolute atomic E-state index is 0.0688. The fourth-order valence-corrected chi connectivity index (χ4v) is 3.33. The molecule has 0 radical (unpaired) electrons. The van der Waals surface area contributed by atoms with Crippen molar-refractivity contribution < 1.29 is 19.4 Å². The summed E-state index contributed by atoms with van der Waals surface area (Å²) in [5, 5.41) is 12.5. The largest absolute Gasteiger partial charge is 0.482 e. The molecule has 2 N–H and O–H groups in total. The lowest BCUT2D eigenvalue weighted by Crippen LogP contribution is -2.16. The van der Waals surface area contributed by atoms with Gasteiger partial charge >= 0.3 is 5.97 Å². The number of nitrogens with zero attached hydrogens (tertiary/aromatic N) is 1. The molecule has 0 aliphatic heterocycles. The summed E-state index contributed by atoms with van der Waals surface area (Å²) in [4.78, 5) is 22.3. The summed E-state index contributed by atoms with van der Waals surface area (Å²) in [5.41, 5.74) is 3.35. The molecule has 0 fully saturated rings. The highest BCUT2D eigenvalue weighted by Crippen LogP contribution is 2.13. The van der Waals surface area contributed by atoms with E-state index in [1.807, 2.05) is 0 Å². The normalized spacial score (nSPS) is 11.0. The lowest BCUT2D eigenvalue weighted by atomic mass is 10.0. The number of aliphatic carboxylic acids is 1. The van der Waals surface area contributed by atoms with Gasteiger partial charge in [0.15, 0.2) is 6.61 Å². The van der Waals surface area contributed by atoms with E-state index in [0.717, 1.165) is 18.4 Å².